The minimum atomic E-state index is -2.30. The van der Waals surface area contributed by atoms with Gasteiger partial charge in [0.1, 0.15) is 62.3 Å². The highest BCUT2D eigenvalue weighted by molar-refractivity contribution is 6.90. The first-order valence-corrected chi connectivity index (χ1v) is 21.8. The van der Waals surface area contributed by atoms with E-state index in [0.29, 0.717) is 70.4 Å². The molecule has 0 bridgehead atoms. The summed E-state index contributed by atoms with van der Waals surface area (Å²) in [6.07, 6.45) is 2.59. The number of phenols is 1. The molecule has 3 fully saturated rings. The highest BCUT2D eigenvalue weighted by Crippen LogP contribution is 2.43. The Hall–Kier alpha value is -4.45. The van der Waals surface area contributed by atoms with Gasteiger partial charge in [0.25, 0.3) is 0 Å². The molecule has 7 rings (SSSR count). The van der Waals surface area contributed by atoms with Crippen LogP contribution in [-0.2, 0) is 9.57 Å². The molecule has 2 atom stereocenters. The van der Waals surface area contributed by atoms with Crippen LogP contribution in [0.3, 0.4) is 0 Å². The number of alkyl halides is 1. The maximum atomic E-state index is 17.4. The van der Waals surface area contributed by atoms with Crippen molar-refractivity contribution >= 4 is 41.3 Å². The number of hydrogen-bond acceptors (Lipinski definition) is 10. The van der Waals surface area contributed by atoms with E-state index in [0.717, 1.165) is 19.4 Å². The summed E-state index contributed by atoms with van der Waals surface area (Å²) in [6, 6.07) is 5.73. The third-order valence-electron chi connectivity index (χ3n) is 12.1. The van der Waals surface area contributed by atoms with Crippen molar-refractivity contribution in [3.8, 4) is 34.5 Å². The quantitative estimate of drug-likeness (QED) is 0.102. The molecule has 2 aromatic carbocycles. The molecular weight excluding hydrogens is 738 g/mol. The number of benzene rings is 2. The number of aromatic nitrogens is 3. The number of oxime groups is 1. The second kappa shape index (κ2) is 15.8. The van der Waals surface area contributed by atoms with E-state index >= 15 is 8.78 Å². The smallest absolute Gasteiger partial charge is 0.319 e. The lowest BCUT2D eigenvalue weighted by molar-refractivity contribution is 0.107. The normalized spacial score (nSPS) is 21.3. The summed E-state index contributed by atoms with van der Waals surface area (Å²) in [6.45, 7) is 15.7. The first kappa shape index (κ1) is 39.8. The number of ether oxygens (including phenoxy) is 2. The minimum absolute atomic E-state index is 0.0711. The van der Waals surface area contributed by atoms with Crippen LogP contribution in [0.5, 0.6) is 11.8 Å². The third-order valence-corrected chi connectivity index (χ3v) is 18.4. The fourth-order valence-electron chi connectivity index (χ4n) is 9.58. The monoisotopic (exact) mass is 788 g/mol. The van der Waals surface area contributed by atoms with Crippen LogP contribution in [0.1, 0.15) is 66.4 Å². The lowest BCUT2D eigenvalue weighted by atomic mass is 9.95. The number of nitrogens with zero attached hydrogens (tertiary/aromatic N) is 6. The van der Waals surface area contributed by atoms with Crippen LogP contribution >= 0.6 is 0 Å². The number of halogens is 3. The molecule has 3 saturated heterocycles. The van der Waals surface area contributed by atoms with Crippen molar-refractivity contribution in [2.24, 2.45) is 5.16 Å². The van der Waals surface area contributed by atoms with Gasteiger partial charge in [0.15, 0.2) is 5.82 Å². The molecule has 2 aromatic heterocycles. The van der Waals surface area contributed by atoms with Gasteiger partial charge in [-0.15, -0.1) is 5.54 Å². The molecule has 0 unspecified atom stereocenters. The lowest BCUT2D eigenvalue weighted by Crippen LogP contribution is -2.43. The topological polar surface area (TPSA) is 105 Å². The zero-order valence-corrected chi connectivity index (χ0v) is 34.3. The Morgan fingerprint density at radius 3 is 2.59 bits per heavy atom. The second-order valence-electron chi connectivity index (χ2n) is 16.4. The van der Waals surface area contributed by atoms with Crippen LogP contribution in [-0.4, -0.2) is 104 Å². The molecule has 298 valence electrons. The van der Waals surface area contributed by atoms with Gasteiger partial charge in [-0.3, -0.25) is 9.88 Å². The number of fused-ring (bicyclic) bond motifs is 3. The molecule has 3 aliphatic rings. The Labute approximate surface area is 327 Å². The average molecular weight is 789 g/mol. The van der Waals surface area contributed by atoms with Crippen LogP contribution < -0.4 is 9.64 Å². The number of hydrogen-bond donors (Lipinski definition) is 1. The van der Waals surface area contributed by atoms with E-state index in [1.54, 1.807) is 6.07 Å². The summed E-state index contributed by atoms with van der Waals surface area (Å²) < 4.78 is 60.2. The van der Waals surface area contributed by atoms with E-state index in [-0.39, 0.29) is 53.9 Å². The van der Waals surface area contributed by atoms with Gasteiger partial charge < -0.3 is 24.3 Å². The summed E-state index contributed by atoms with van der Waals surface area (Å²) in [5, 5.41) is 16.2. The molecule has 1 N–H and O–H groups in total. The van der Waals surface area contributed by atoms with Crippen molar-refractivity contribution < 1.29 is 32.6 Å². The van der Waals surface area contributed by atoms with Gasteiger partial charge in [-0.25, -0.2) is 13.2 Å². The van der Waals surface area contributed by atoms with Gasteiger partial charge in [-0.05, 0) is 59.6 Å². The molecule has 5 heterocycles. The largest absolute Gasteiger partial charge is 0.508 e. The van der Waals surface area contributed by atoms with E-state index in [2.05, 4.69) is 73.0 Å². The predicted molar refractivity (Wildman–Crippen MR) is 216 cm³/mol. The Morgan fingerprint density at radius 2 is 1.86 bits per heavy atom. The fourth-order valence-corrected chi connectivity index (χ4v) is 14.8. The van der Waals surface area contributed by atoms with Crippen molar-refractivity contribution in [1.82, 2.24) is 19.9 Å². The maximum absolute atomic E-state index is 17.4. The Balaban J connectivity index is 1.41. The molecule has 0 aliphatic carbocycles. The second-order valence-corrected chi connectivity index (χ2v) is 21.9. The van der Waals surface area contributed by atoms with Gasteiger partial charge in [-0.1, -0.05) is 58.7 Å². The Bertz CT molecular complexity index is 2200. The SMILES string of the molecule is CO/N=C1/COCCN(c2nc(OC[C@@]34CCCN3C[C@H](F)C4)nc3c(F)c(-c4cc(O)cc5ccc(F)c(C#C[Si](C(C)C)(C(C)C)C(C)C)c45)ncc23)C1. The number of anilines is 1. The van der Waals surface area contributed by atoms with Crippen molar-refractivity contribution in [2.75, 3.05) is 58.0 Å². The number of aromatic hydroxyl groups is 1. The van der Waals surface area contributed by atoms with E-state index < -0.39 is 31.4 Å². The molecule has 0 radical (unpaired) electrons. The number of pyridine rings is 1. The molecule has 0 spiro atoms. The minimum Gasteiger partial charge on any atom is -0.508 e. The average Bonchev–Trinajstić information content (AvgIpc) is 3.57. The fraction of sp³-hybridized carbons (Fsp3) is 0.524. The molecule has 0 amide bonds. The summed E-state index contributed by atoms with van der Waals surface area (Å²) in [5.41, 5.74) is 4.73. The van der Waals surface area contributed by atoms with Crippen LogP contribution in [0.4, 0.5) is 19.0 Å². The van der Waals surface area contributed by atoms with Crippen LogP contribution in [0.25, 0.3) is 32.9 Å². The van der Waals surface area contributed by atoms with Crippen molar-refractivity contribution in [2.45, 2.75) is 89.1 Å². The van der Waals surface area contributed by atoms with Gasteiger partial charge in [0.05, 0.1) is 36.2 Å². The van der Waals surface area contributed by atoms with E-state index in [1.807, 2.05) is 4.90 Å². The van der Waals surface area contributed by atoms with Crippen molar-refractivity contribution in [1.29, 1.82) is 0 Å². The highest BCUT2D eigenvalue weighted by atomic mass is 28.3. The molecule has 10 nitrogen and oxygen atoms in total. The van der Waals surface area contributed by atoms with Crippen LogP contribution in [0.2, 0.25) is 16.6 Å². The Kier molecular flexibility index (Phi) is 11.2. The van der Waals surface area contributed by atoms with Crippen LogP contribution in [0.15, 0.2) is 35.6 Å². The number of phenolic OH excluding ortho intramolecular Hbond substituents is 1. The van der Waals surface area contributed by atoms with E-state index in [4.69, 9.17) is 19.3 Å². The van der Waals surface area contributed by atoms with Crippen molar-refractivity contribution in [3.63, 3.8) is 0 Å². The van der Waals surface area contributed by atoms with E-state index in [1.165, 1.54) is 31.5 Å². The van der Waals surface area contributed by atoms with Crippen molar-refractivity contribution in [3.05, 3.63) is 47.7 Å². The maximum Gasteiger partial charge on any atom is 0.319 e. The number of rotatable bonds is 9. The van der Waals surface area contributed by atoms with Crippen LogP contribution in [0, 0.1) is 23.1 Å². The molecule has 14 heteroatoms. The third kappa shape index (κ3) is 7.18. The van der Waals surface area contributed by atoms with Gasteiger partial charge in [-0.2, -0.15) is 9.97 Å². The molecule has 56 heavy (non-hydrogen) atoms. The zero-order chi connectivity index (χ0) is 39.9. The highest BCUT2D eigenvalue weighted by Gasteiger charge is 2.49. The molecule has 4 aromatic rings. The summed E-state index contributed by atoms with van der Waals surface area (Å²) in [7, 11) is -0.845. The first-order chi connectivity index (χ1) is 26.8. The Morgan fingerprint density at radius 1 is 1.09 bits per heavy atom. The summed E-state index contributed by atoms with van der Waals surface area (Å²) in [4.78, 5) is 23.1. The lowest BCUT2D eigenvalue weighted by Gasteiger charge is -2.38. The van der Waals surface area contributed by atoms with Gasteiger partial charge in [0, 0.05) is 36.7 Å². The summed E-state index contributed by atoms with van der Waals surface area (Å²) in [5.74, 6) is 2.13. The predicted octanol–water partition coefficient (Wildman–Crippen LogP) is 8.19. The molecule has 0 saturated carbocycles. The van der Waals surface area contributed by atoms with Gasteiger partial charge >= 0.3 is 6.01 Å². The molecule has 3 aliphatic heterocycles. The van der Waals surface area contributed by atoms with E-state index in [9.17, 15) is 9.50 Å². The van der Waals surface area contributed by atoms with Gasteiger partial charge in [0.2, 0.25) is 0 Å². The summed E-state index contributed by atoms with van der Waals surface area (Å²) >= 11 is 0. The standard InChI is InChI=1S/C42H51F3N6O4Si/c1-25(2)56(26(3)4,27(5)6)16-11-32-35(44)10-9-28-17-31(52)18-33(36(28)32)38-37(45)39-34(20-46-38)40(50-14-15-54-23-30(22-50)49-53-7)48-41(47-39)55-24-42-12-8-13-51(42)21-29(43)19-42/h9-10,17-18,20,25-27,29,52H,8,12-15,19,21-24H2,1-7H3/b49-30+/t29-,42+/m1/s1. The first-order valence-electron chi connectivity index (χ1n) is 19.6. The molecular formula is C42H51F3N6O4Si. The zero-order valence-electron chi connectivity index (χ0n) is 33.3.